The average Bonchev–Trinajstić information content (AvgIpc) is 2.16. The van der Waals surface area contributed by atoms with E-state index in [9.17, 15) is 8.78 Å². The van der Waals surface area contributed by atoms with Gasteiger partial charge in [-0.05, 0) is 31.5 Å². The Kier molecular flexibility index (Phi) is 4.26. The summed E-state index contributed by atoms with van der Waals surface area (Å²) >= 11 is 0. The van der Waals surface area contributed by atoms with Gasteiger partial charge in [-0.15, -0.1) is 5.92 Å². The van der Waals surface area contributed by atoms with E-state index in [2.05, 4.69) is 17.2 Å². The molecule has 1 aromatic rings. The second-order valence-electron chi connectivity index (χ2n) is 3.23. The van der Waals surface area contributed by atoms with E-state index in [1.807, 2.05) is 6.92 Å². The van der Waals surface area contributed by atoms with Gasteiger partial charge in [0.1, 0.15) is 11.6 Å². The Morgan fingerprint density at radius 3 is 2.40 bits per heavy atom. The number of halogens is 2. The zero-order valence-corrected chi connectivity index (χ0v) is 8.77. The van der Waals surface area contributed by atoms with Crippen LogP contribution in [0, 0.1) is 23.5 Å². The zero-order chi connectivity index (χ0) is 11.3. The molecule has 0 aliphatic rings. The van der Waals surface area contributed by atoms with E-state index < -0.39 is 11.6 Å². The summed E-state index contributed by atoms with van der Waals surface area (Å²) in [5.41, 5.74) is 0.588. The standard InChI is InChI=1S/C12H13F2N/c1-3-4-5-15-9(2)10-6-11(13)8-12(14)7-10/h6-9,15H,5H2,1-2H3. The number of nitrogens with one attached hydrogen (secondary N) is 1. The normalized spacial score (nSPS) is 11.7. The van der Waals surface area contributed by atoms with E-state index in [-0.39, 0.29) is 6.04 Å². The Balaban J connectivity index is 2.71. The van der Waals surface area contributed by atoms with Gasteiger partial charge >= 0.3 is 0 Å². The molecule has 0 radical (unpaired) electrons. The molecule has 1 N–H and O–H groups in total. The van der Waals surface area contributed by atoms with Crippen molar-refractivity contribution in [2.45, 2.75) is 19.9 Å². The summed E-state index contributed by atoms with van der Waals surface area (Å²) < 4.78 is 25.8. The Labute approximate surface area is 88.5 Å². The second-order valence-corrected chi connectivity index (χ2v) is 3.23. The van der Waals surface area contributed by atoms with Crippen molar-refractivity contribution in [1.82, 2.24) is 5.32 Å². The van der Waals surface area contributed by atoms with Crippen LogP contribution in [-0.2, 0) is 0 Å². The molecule has 0 spiro atoms. The first-order chi connectivity index (χ1) is 7.13. The molecule has 0 aromatic heterocycles. The quantitative estimate of drug-likeness (QED) is 0.754. The first kappa shape index (κ1) is 11.7. The van der Waals surface area contributed by atoms with Gasteiger partial charge in [0.2, 0.25) is 0 Å². The van der Waals surface area contributed by atoms with E-state index in [1.165, 1.54) is 12.1 Å². The molecule has 1 aromatic carbocycles. The first-order valence-electron chi connectivity index (χ1n) is 4.72. The molecule has 80 valence electrons. The summed E-state index contributed by atoms with van der Waals surface area (Å²) in [6.07, 6.45) is 0. The zero-order valence-electron chi connectivity index (χ0n) is 8.77. The molecule has 1 nitrogen and oxygen atoms in total. The van der Waals surface area contributed by atoms with Gasteiger partial charge in [-0.1, -0.05) is 5.92 Å². The third-order valence-corrected chi connectivity index (χ3v) is 2.06. The molecule has 1 unspecified atom stereocenters. The number of hydrogen-bond acceptors (Lipinski definition) is 1. The van der Waals surface area contributed by atoms with Crippen molar-refractivity contribution in [1.29, 1.82) is 0 Å². The molecule has 0 saturated heterocycles. The molecule has 0 aliphatic heterocycles. The van der Waals surface area contributed by atoms with Gasteiger partial charge < -0.3 is 0 Å². The van der Waals surface area contributed by atoms with E-state index in [0.29, 0.717) is 12.1 Å². The van der Waals surface area contributed by atoms with E-state index in [0.717, 1.165) is 6.07 Å². The minimum absolute atomic E-state index is 0.115. The topological polar surface area (TPSA) is 12.0 Å². The fraction of sp³-hybridized carbons (Fsp3) is 0.333. The first-order valence-corrected chi connectivity index (χ1v) is 4.72. The van der Waals surface area contributed by atoms with Gasteiger partial charge in [0.25, 0.3) is 0 Å². The van der Waals surface area contributed by atoms with Crippen molar-refractivity contribution in [3.05, 3.63) is 35.4 Å². The molecule has 3 heteroatoms. The van der Waals surface area contributed by atoms with Crippen molar-refractivity contribution >= 4 is 0 Å². The second kappa shape index (κ2) is 5.47. The monoisotopic (exact) mass is 209 g/mol. The Bertz CT molecular complexity index is 370. The fourth-order valence-electron chi connectivity index (χ4n) is 1.24. The SMILES string of the molecule is CC#CCNC(C)c1cc(F)cc(F)c1. The average molecular weight is 209 g/mol. The molecular weight excluding hydrogens is 196 g/mol. The summed E-state index contributed by atoms with van der Waals surface area (Å²) in [5, 5.41) is 3.05. The van der Waals surface area contributed by atoms with Crippen molar-refractivity contribution in [3.63, 3.8) is 0 Å². The number of benzene rings is 1. The molecule has 1 rings (SSSR count). The third kappa shape index (κ3) is 3.69. The summed E-state index contributed by atoms with van der Waals surface area (Å²) in [5.74, 6) is 4.46. The highest BCUT2D eigenvalue weighted by Gasteiger charge is 2.07. The molecule has 0 saturated carbocycles. The van der Waals surface area contributed by atoms with Crippen LogP contribution in [0.1, 0.15) is 25.5 Å². The summed E-state index contributed by atoms with van der Waals surface area (Å²) in [6.45, 7) is 4.09. The third-order valence-electron chi connectivity index (χ3n) is 2.06. The lowest BCUT2D eigenvalue weighted by atomic mass is 10.1. The van der Waals surface area contributed by atoms with E-state index >= 15 is 0 Å². The van der Waals surface area contributed by atoms with Gasteiger partial charge in [-0.3, -0.25) is 5.32 Å². The van der Waals surface area contributed by atoms with Crippen molar-refractivity contribution in [2.24, 2.45) is 0 Å². The lowest BCUT2D eigenvalue weighted by Gasteiger charge is -2.12. The van der Waals surface area contributed by atoms with Crippen LogP contribution in [0.5, 0.6) is 0 Å². The minimum Gasteiger partial charge on any atom is -0.300 e. The van der Waals surface area contributed by atoms with Crippen molar-refractivity contribution in [2.75, 3.05) is 6.54 Å². The van der Waals surface area contributed by atoms with Crippen LogP contribution in [0.4, 0.5) is 8.78 Å². The molecule has 1 atom stereocenters. The molecule has 0 heterocycles. The smallest absolute Gasteiger partial charge is 0.126 e. The lowest BCUT2D eigenvalue weighted by Crippen LogP contribution is -2.19. The lowest BCUT2D eigenvalue weighted by molar-refractivity contribution is 0.562. The highest BCUT2D eigenvalue weighted by molar-refractivity contribution is 5.21. The van der Waals surface area contributed by atoms with E-state index in [1.54, 1.807) is 6.92 Å². The summed E-state index contributed by atoms with van der Waals surface area (Å²) in [6, 6.07) is 3.39. The van der Waals surface area contributed by atoms with Crippen molar-refractivity contribution < 1.29 is 8.78 Å². The minimum atomic E-state index is -0.555. The van der Waals surface area contributed by atoms with Crippen LogP contribution in [0.3, 0.4) is 0 Å². The van der Waals surface area contributed by atoms with Crippen LogP contribution in [0.25, 0.3) is 0 Å². The predicted octanol–water partition coefficient (Wildman–Crippen LogP) is 2.64. The predicted molar refractivity (Wildman–Crippen MR) is 56.2 cm³/mol. The summed E-state index contributed by atoms with van der Waals surface area (Å²) in [7, 11) is 0. The van der Waals surface area contributed by atoms with Crippen LogP contribution in [0.2, 0.25) is 0 Å². The maximum absolute atomic E-state index is 12.9. The molecule has 0 fully saturated rings. The fourth-order valence-corrected chi connectivity index (χ4v) is 1.24. The molecular formula is C12H13F2N. The number of rotatable bonds is 3. The van der Waals surface area contributed by atoms with Gasteiger partial charge in [-0.2, -0.15) is 0 Å². The van der Waals surface area contributed by atoms with Crippen LogP contribution in [0.15, 0.2) is 18.2 Å². The maximum Gasteiger partial charge on any atom is 0.126 e. The largest absolute Gasteiger partial charge is 0.300 e. The Hall–Kier alpha value is -1.40. The van der Waals surface area contributed by atoms with Crippen molar-refractivity contribution in [3.8, 4) is 11.8 Å². The van der Waals surface area contributed by atoms with Crippen LogP contribution in [-0.4, -0.2) is 6.54 Å². The Morgan fingerprint density at radius 2 is 1.87 bits per heavy atom. The molecule has 15 heavy (non-hydrogen) atoms. The van der Waals surface area contributed by atoms with Crippen LogP contribution < -0.4 is 5.32 Å². The van der Waals surface area contributed by atoms with Gasteiger partial charge in [0.15, 0.2) is 0 Å². The summed E-state index contributed by atoms with van der Waals surface area (Å²) in [4.78, 5) is 0. The molecule has 0 aliphatic carbocycles. The van der Waals surface area contributed by atoms with E-state index in [4.69, 9.17) is 0 Å². The van der Waals surface area contributed by atoms with Gasteiger partial charge in [0, 0.05) is 12.1 Å². The molecule has 0 bridgehead atoms. The van der Waals surface area contributed by atoms with Gasteiger partial charge in [0.05, 0.1) is 6.54 Å². The van der Waals surface area contributed by atoms with Gasteiger partial charge in [-0.25, -0.2) is 8.78 Å². The number of hydrogen-bond donors (Lipinski definition) is 1. The van der Waals surface area contributed by atoms with Crippen LogP contribution >= 0.6 is 0 Å². The maximum atomic E-state index is 12.9. The highest BCUT2D eigenvalue weighted by Crippen LogP contribution is 2.15. The highest BCUT2D eigenvalue weighted by atomic mass is 19.1. The molecule has 0 amide bonds. The Morgan fingerprint density at radius 1 is 1.27 bits per heavy atom.